The van der Waals surface area contributed by atoms with Crippen molar-refractivity contribution in [3.63, 3.8) is 0 Å². The van der Waals surface area contributed by atoms with Gasteiger partial charge in [0, 0.05) is 18.0 Å². The van der Waals surface area contributed by atoms with E-state index in [0.29, 0.717) is 10.5 Å². The van der Waals surface area contributed by atoms with E-state index in [-0.39, 0.29) is 18.0 Å². The predicted molar refractivity (Wildman–Crippen MR) is 63.8 cm³/mol. The number of nitrogens with zero attached hydrogens (tertiary/aromatic N) is 1. The second-order valence-corrected chi connectivity index (χ2v) is 4.43. The van der Waals surface area contributed by atoms with Crippen LogP contribution in [0.25, 0.3) is 0 Å². The summed E-state index contributed by atoms with van der Waals surface area (Å²) in [7, 11) is 0. The molecule has 7 heteroatoms. The lowest BCUT2D eigenvalue weighted by Gasteiger charge is -2.23. The number of carbonyl (C=O) groups is 1. The normalized spacial score (nSPS) is 11.5. The second-order valence-electron chi connectivity index (χ2n) is 4.05. The molecule has 0 bridgehead atoms. The molecule has 1 rings (SSSR count). The van der Waals surface area contributed by atoms with E-state index >= 15 is 0 Å². The van der Waals surface area contributed by atoms with Crippen molar-refractivity contribution in [3.05, 3.63) is 35.1 Å². The Labute approximate surface area is 113 Å². The van der Waals surface area contributed by atoms with Crippen LogP contribution >= 0.6 is 11.6 Å². The van der Waals surface area contributed by atoms with Gasteiger partial charge >= 0.3 is 6.18 Å². The fraction of sp³-hybridized carbons (Fsp3) is 0.417. The number of aryl methyl sites for hydroxylation is 1. The first-order chi connectivity index (χ1) is 8.73. The Balaban J connectivity index is 2.98. The zero-order valence-electron chi connectivity index (χ0n) is 10.1. The van der Waals surface area contributed by atoms with Crippen molar-refractivity contribution in [2.45, 2.75) is 13.1 Å². The van der Waals surface area contributed by atoms with Crippen LogP contribution in [0.5, 0.6) is 0 Å². The minimum Gasteiger partial charge on any atom is -0.328 e. The molecular formula is C12H12ClF4NO. The fourth-order valence-electron chi connectivity index (χ4n) is 1.61. The summed E-state index contributed by atoms with van der Waals surface area (Å²) in [6, 6.07) is 3.43. The number of hydrogen-bond acceptors (Lipinski definition) is 1. The molecule has 0 radical (unpaired) electrons. The van der Waals surface area contributed by atoms with Crippen LogP contribution in [0, 0.1) is 12.7 Å². The van der Waals surface area contributed by atoms with Gasteiger partial charge < -0.3 is 4.90 Å². The lowest BCUT2D eigenvalue weighted by molar-refractivity contribution is -0.140. The number of halogens is 5. The lowest BCUT2D eigenvalue weighted by Crippen LogP contribution is -2.40. The van der Waals surface area contributed by atoms with Crippen LogP contribution in [0.1, 0.15) is 15.9 Å². The van der Waals surface area contributed by atoms with E-state index in [2.05, 4.69) is 0 Å². The molecule has 0 fully saturated rings. The van der Waals surface area contributed by atoms with Crippen LogP contribution in [0.2, 0.25) is 0 Å². The largest absolute Gasteiger partial charge is 0.406 e. The van der Waals surface area contributed by atoms with Gasteiger partial charge in [-0.1, -0.05) is 0 Å². The first-order valence-electron chi connectivity index (χ1n) is 5.42. The summed E-state index contributed by atoms with van der Waals surface area (Å²) in [5, 5.41) is 0. The van der Waals surface area contributed by atoms with Crippen molar-refractivity contribution in [1.29, 1.82) is 0 Å². The topological polar surface area (TPSA) is 20.3 Å². The average molecular weight is 298 g/mol. The quantitative estimate of drug-likeness (QED) is 0.616. The van der Waals surface area contributed by atoms with Gasteiger partial charge in [-0.25, -0.2) is 4.39 Å². The predicted octanol–water partition coefficient (Wildman–Crippen LogP) is 3.38. The summed E-state index contributed by atoms with van der Waals surface area (Å²) in [6.45, 7) is -0.112. The molecule has 0 aromatic heterocycles. The van der Waals surface area contributed by atoms with E-state index in [0.717, 1.165) is 6.07 Å². The van der Waals surface area contributed by atoms with Gasteiger partial charge in [0.05, 0.1) is 0 Å². The molecule has 0 saturated carbocycles. The molecule has 0 aliphatic carbocycles. The minimum atomic E-state index is -4.52. The molecule has 0 unspecified atom stereocenters. The van der Waals surface area contributed by atoms with Gasteiger partial charge in [-0.15, -0.1) is 11.6 Å². The van der Waals surface area contributed by atoms with Gasteiger partial charge in [0.1, 0.15) is 12.4 Å². The third-order valence-electron chi connectivity index (χ3n) is 2.30. The summed E-state index contributed by atoms with van der Waals surface area (Å²) in [5.41, 5.74) is 0.341. The average Bonchev–Trinajstić information content (AvgIpc) is 2.24. The van der Waals surface area contributed by atoms with Crippen molar-refractivity contribution in [2.24, 2.45) is 0 Å². The van der Waals surface area contributed by atoms with Crippen molar-refractivity contribution in [2.75, 3.05) is 19.0 Å². The lowest BCUT2D eigenvalue weighted by atomic mass is 10.1. The molecule has 0 aliphatic rings. The maximum atomic E-state index is 13.2. The molecule has 0 heterocycles. The minimum absolute atomic E-state index is 0.119. The summed E-state index contributed by atoms with van der Waals surface area (Å²) >= 11 is 5.38. The molecule has 0 N–H and O–H groups in total. The third kappa shape index (κ3) is 5.06. The van der Waals surface area contributed by atoms with E-state index in [4.69, 9.17) is 11.6 Å². The van der Waals surface area contributed by atoms with Gasteiger partial charge in [0.2, 0.25) is 0 Å². The smallest absolute Gasteiger partial charge is 0.328 e. The fourth-order valence-corrected chi connectivity index (χ4v) is 1.82. The highest BCUT2D eigenvalue weighted by atomic mass is 35.5. The van der Waals surface area contributed by atoms with Crippen LogP contribution in [0.3, 0.4) is 0 Å². The zero-order valence-corrected chi connectivity index (χ0v) is 10.9. The molecule has 0 aliphatic heterocycles. The Kier molecular flexibility index (Phi) is 5.17. The van der Waals surface area contributed by atoms with Crippen molar-refractivity contribution < 1.29 is 22.4 Å². The van der Waals surface area contributed by atoms with Crippen LogP contribution in [0.15, 0.2) is 18.2 Å². The van der Waals surface area contributed by atoms with Gasteiger partial charge in [-0.05, 0) is 30.7 Å². The third-order valence-corrected chi connectivity index (χ3v) is 2.47. The van der Waals surface area contributed by atoms with Crippen molar-refractivity contribution in [1.82, 2.24) is 4.90 Å². The Morgan fingerprint density at radius 1 is 1.32 bits per heavy atom. The van der Waals surface area contributed by atoms with E-state index < -0.39 is 24.4 Å². The number of hydrogen-bond donors (Lipinski definition) is 0. The van der Waals surface area contributed by atoms with E-state index in [1.165, 1.54) is 12.1 Å². The molecule has 2 nitrogen and oxygen atoms in total. The standard InChI is InChI=1S/C12H12ClF4NO/c1-8-4-9(6-10(14)5-8)11(19)18(3-2-13)7-12(15,16)17/h4-6H,2-3,7H2,1H3. The number of benzene rings is 1. The monoisotopic (exact) mass is 297 g/mol. The first kappa shape index (κ1) is 15.8. The molecular weight excluding hydrogens is 286 g/mol. The highest BCUT2D eigenvalue weighted by molar-refractivity contribution is 6.18. The molecule has 106 valence electrons. The van der Waals surface area contributed by atoms with E-state index in [1.807, 2.05) is 0 Å². The van der Waals surface area contributed by atoms with Crippen LogP contribution in [-0.2, 0) is 0 Å². The van der Waals surface area contributed by atoms with Crippen LogP contribution < -0.4 is 0 Å². The number of carbonyl (C=O) groups excluding carboxylic acids is 1. The van der Waals surface area contributed by atoms with Gasteiger partial charge in [-0.3, -0.25) is 4.79 Å². The molecule has 0 atom stereocenters. The number of amides is 1. The highest BCUT2D eigenvalue weighted by Gasteiger charge is 2.33. The number of rotatable bonds is 4. The summed E-state index contributed by atoms with van der Waals surface area (Å²) in [4.78, 5) is 12.5. The summed E-state index contributed by atoms with van der Waals surface area (Å²) in [5.74, 6) is -1.68. The zero-order chi connectivity index (χ0) is 14.6. The van der Waals surface area contributed by atoms with Gasteiger partial charge in [-0.2, -0.15) is 13.2 Å². The Morgan fingerprint density at radius 3 is 2.42 bits per heavy atom. The highest BCUT2D eigenvalue weighted by Crippen LogP contribution is 2.19. The second kappa shape index (κ2) is 6.23. The van der Waals surface area contributed by atoms with Crippen molar-refractivity contribution in [3.8, 4) is 0 Å². The Bertz CT molecular complexity index is 441. The first-order valence-corrected chi connectivity index (χ1v) is 5.95. The Hall–Kier alpha value is -1.30. The maximum absolute atomic E-state index is 13.2. The SMILES string of the molecule is Cc1cc(F)cc(C(=O)N(CCCl)CC(F)(F)F)c1. The Morgan fingerprint density at radius 2 is 1.95 bits per heavy atom. The molecule has 1 aromatic carbocycles. The molecule has 0 saturated heterocycles. The summed E-state index contributed by atoms with van der Waals surface area (Å²) in [6.07, 6.45) is -4.52. The van der Waals surface area contributed by atoms with Crippen LogP contribution in [-0.4, -0.2) is 36.0 Å². The number of alkyl halides is 4. The summed E-state index contributed by atoms with van der Waals surface area (Å²) < 4.78 is 50.2. The van der Waals surface area contributed by atoms with E-state index in [9.17, 15) is 22.4 Å². The van der Waals surface area contributed by atoms with E-state index in [1.54, 1.807) is 6.92 Å². The van der Waals surface area contributed by atoms with Gasteiger partial charge in [0.15, 0.2) is 0 Å². The van der Waals surface area contributed by atoms with Crippen molar-refractivity contribution >= 4 is 17.5 Å². The molecule has 1 amide bonds. The molecule has 1 aromatic rings. The van der Waals surface area contributed by atoms with Gasteiger partial charge in [0.25, 0.3) is 5.91 Å². The van der Waals surface area contributed by atoms with Crippen LogP contribution in [0.4, 0.5) is 17.6 Å². The maximum Gasteiger partial charge on any atom is 0.406 e. The molecule has 0 spiro atoms. The molecule has 19 heavy (non-hydrogen) atoms.